The smallest absolute Gasteiger partial charge is 0.305 e. The van der Waals surface area contributed by atoms with E-state index in [1.54, 1.807) is 6.08 Å². The van der Waals surface area contributed by atoms with Crippen LogP contribution in [0.3, 0.4) is 0 Å². The van der Waals surface area contributed by atoms with Crippen LogP contribution in [-0.4, -0.2) is 47.4 Å². The molecule has 0 saturated carbocycles. The van der Waals surface area contributed by atoms with Gasteiger partial charge in [0, 0.05) is 12.8 Å². The number of esters is 1. The van der Waals surface area contributed by atoms with Gasteiger partial charge in [-0.05, 0) is 32.1 Å². The van der Waals surface area contributed by atoms with Crippen molar-refractivity contribution in [3.05, 3.63) is 12.2 Å². The Bertz CT molecular complexity index is 1290. The minimum absolute atomic E-state index is 0.0242. The van der Waals surface area contributed by atoms with E-state index in [2.05, 4.69) is 19.2 Å². The molecule has 2 atom stereocenters. The molecule has 506 valence electrons. The lowest BCUT2D eigenvalue weighted by Gasteiger charge is -2.20. The number of carbonyl (C=O) groups is 2. The van der Waals surface area contributed by atoms with Crippen LogP contribution in [0.1, 0.15) is 457 Å². The van der Waals surface area contributed by atoms with E-state index in [1.165, 1.54) is 392 Å². The standard InChI is InChI=1S/C79H155NO5/c1-3-5-7-9-11-13-15-17-18-19-20-21-35-38-41-44-48-51-55-59-63-67-71-77(82)76(75-81)80-78(83)72-68-64-60-56-52-49-45-42-39-36-33-31-29-27-25-23-22-24-26-28-30-32-34-37-40-43-46-50-54-58-62-66-70-74-85-79(84)73-69-65-61-57-53-47-16-14-12-10-8-6-4-2/h67,71,76-77,81-82H,3-66,68-70,72-75H2,1-2H3,(H,80,83)/b71-67+. The average Bonchev–Trinajstić information content (AvgIpc) is 3.53. The maximum absolute atomic E-state index is 12.5. The molecule has 0 heterocycles. The number of nitrogens with one attached hydrogen (secondary N) is 1. The van der Waals surface area contributed by atoms with Crippen molar-refractivity contribution < 1.29 is 24.5 Å². The number of aliphatic hydroxyl groups excluding tert-OH is 2. The van der Waals surface area contributed by atoms with E-state index in [0.29, 0.717) is 19.4 Å². The summed E-state index contributed by atoms with van der Waals surface area (Å²) in [6, 6.07) is -0.625. The van der Waals surface area contributed by atoms with Gasteiger partial charge in [0.1, 0.15) is 0 Å². The summed E-state index contributed by atoms with van der Waals surface area (Å²) in [5.74, 6) is -0.0336. The highest BCUT2D eigenvalue weighted by molar-refractivity contribution is 5.76. The summed E-state index contributed by atoms with van der Waals surface area (Å²) in [7, 11) is 0. The SMILES string of the molecule is CCCCCCCCCCCCCCCCCCCCCC/C=C/C(O)C(CO)NC(=O)CCCCCCCCCCCCCCCCCCCCCCCCCCCCCCCCCCCOC(=O)CCCCCCCCCCCCCCC. The Balaban J connectivity index is 3.34. The first-order chi connectivity index (χ1) is 42.0. The Morgan fingerprint density at radius 3 is 0.800 bits per heavy atom. The van der Waals surface area contributed by atoms with E-state index in [-0.39, 0.29) is 18.5 Å². The number of rotatable bonds is 75. The Labute approximate surface area is 533 Å². The summed E-state index contributed by atoms with van der Waals surface area (Å²) >= 11 is 0. The van der Waals surface area contributed by atoms with Crippen LogP contribution >= 0.6 is 0 Å². The first-order valence-electron chi connectivity index (χ1n) is 39.5. The Hall–Kier alpha value is -1.40. The second kappa shape index (κ2) is 75.1. The molecule has 0 aromatic heterocycles. The van der Waals surface area contributed by atoms with Gasteiger partial charge in [-0.15, -0.1) is 0 Å². The molecule has 0 aliphatic rings. The van der Waals surface area contributed by atoms with Crippen molar-refractivity contribution in [2.75, 3.05) is 13.2 Å². The van der Waals surface area contributed by atoms with Crippen molar-refractivity contribution in [2.24, 2.45) is 0 Å². The minimum atomic E-state index is -0.842. The fourth-order valence-corrected chi connectivity index (χ4v) is 12.8. The second-order valence-electron chi connectivity index (χ2n) is 27.4. The average molecular weight is 1200 g/mol. The predicted molar refractivity (Wildman–Crippen MR) is 375 cm³/mol. The van der Waals surface area contributed by atoms with Gasteiger partial charge in [0.15, 0.2) is 0 Å². The van der Waals surface area contributed by atoms with Gasteiger partial charge >= 0.3 is 5.97 Å². The van der Waals surface area contributed by atoms with Crippen LogP contribution < -0.4 is 5.32 Å². The highest BCUT2D eigenvalue weighted by atomic mass is 16.5. The quantitative estimate of drug-likeness (QED) is 0.0320. The lowest BCUT2D eigenvalue weighted by molar-refractivity contribution is -0.143. The van der Waals surface area contributed by atoms with E-state index in [9.17, 15) is 19.8 Å². The van der Waals surface area contributed by atoms with Gasteiger partial charge < -0.3 is 20.3 Å². The van der Waals surface area contributed by atoms with Gasteiger partial charge in [0.05, 0.1) is 25.4 Å². The number of hydrogen-bond donors (Lipinski definition) is 3. The first-order valence-corrected chi connectivity index (χ1v) is 39.5. The molecular formula is C79H155NO5. The molecule has 0 rings (SSSR count). The monoisotopic (exact) mass is 1200 g/mol. The van der Waals surface area contributed by atoms with E-state index < -0.39 is 12.1 Å². The van der Waals surface area contributed by atoms with Crippen LogP contribution in [0.25, 0.3) is 0 Å². The van der Waals surface area contributed by atoms with Crippen LogP contribution in [0.15, 0.2) is 12.2 Å². The maximum Gasteiger partial charge on any atom is 0.305 e. The molecule has 6 nitrogen and oxygen atoms in total. The molecule has 85 heavy (non-hydrogen) atoms. The van der Waals surface area contributed by atoms with Crippen LogP contribution in [0.2, 0.25) is 0 Å². The molecule has 6 heteroatoms. The molecule has 0 aliphatic carbocycles. The van der Waals surface area contributed by atoms with Crippen molar-refractivity contribution in [3.63, 3.8) is 0 Å². The number of allylic oxidation sites excluding steroid dienone is 1. The number of aliphatic hydroxyl groups is 2. The molecule has 0 spiro atoms. The van der Waals surface area contributed by atoms with E-state index in [4.69, 9.17) is 4.74 Å². The fraction of sp³-hybridized carbons (Fsp3) is 0.949. The summed E-state index contributed by atoms with van der Waals surface area (Å²) in [4.78, 5) is 24.6. The molecule has 2 unspecified atom stereocenters. The van der Waals surface area contributed by atoms with E-state index in [1.807, 2.05) is 6.08 Å². The van der Waals surface area contributed by atoms with E-state index >= 15 is 0 Å². The summed E-state index contributed by atoms with van der Waals surface area (Å²) in [5, 5.41) is 23.3. The van der Waals surface area contributed by atoms with Gasteiger partial charge in [-0.3, -0.25) is 9.59 Å². The molecule has 0 aromatic rings. The zero-order chi connectivity index (χ0) is 61.3. The number of amides is 1. The lowest BCUT2D eigenvalue weighted by atomic mass is 10.0. The first kappa shape index (κ1) is 83.6. The summed E-state index contributed by atoms with van der Waals surface area (Å²) in [5.41, 5.74) is 0. The Morgan fingerprint density at radius 2 is 0.541 bits per heavy atom. The zero-order valence-corrected chi connectivity index (χ0v) is 58.1. The molecule has 0 radical (unpaired) electrons. The second-order valence-corrected chi connectivity index (χ2v) is 27.4. The van der Waals surface area contributed by atoms with Crippen molar-refractivity contribution >= 4 is 11.9 Å². The number of hydrogen-bond acceptors (Lipinski definition) is 5. The van der Waals surface area contributed by atoms with Crippen molar-refractivity contribution in [3.8, 4) is 0 Å². The third kappa shape index (κ3) is 71.6. The number of carbonyl (C=O) groups excluding carboxylic acids is 2. The molecule has 0 fully saturated rings. The molecule has 0 saturated heterocycles. The lowest BCUT2D eigenvalue weighted by Crippen LogP contribution is -2.45. The Morgan fingerprint density at radius 1 is 0.318 bits per heavy atom. The van der Waals surface area contributed by atoms with Crippen LogP contribution in [0.5, 0.6) is 0 Å². The summed E-state index contributed by atoms with van der Waals surface area (Å²) in [6.45, 7) is 4.96. The van der Waals surface area contributed by atoms with Gasteiger partial charge in [-0.25, -0.2) is 0 Å². The third-order valence-corrected chi connectivity index (χ3v) is 18.8. The molecular weight excluding hydrogens is 1040 g/mol. The highest BCUT2D eigenvalue weighted by Gasteiger charge is 2.18. The van der Waals surface area contributed by atoms with Gasteiger partial charge in [-0.1, -0.05) is 424 Å². The third-order valence-electron chi connectivity index (χ3n) is 18.8. The minimum Gasteiger partial charge on any atom is -0.466 e. The number of ether oxygens (including phenoxy) is 1. The van der Waals surface area contributed by atoms with Crippen LogP contribution in [-0.2, 0) is 14.3 Å². The summed E-state index contributed by atoms with van der Waals surface area (Å²) in [6.07, 6.45) is 94.8. The van der Waals surface area contributed by atoms with Crippen LogP contribution in [0.4, 0.5) is 0 Å². The summed E-state index contributed by atoms with van der Waals surface area (Å²) < 4.78 is 5.50. The predicted octanol–water partition coefficient (Wildman–Crippen LogP) is 25.9. The highest BCUT2D eigenvalue weighted by Crippen LogP contribution is 2.20. The fourth-order valence-electron chi connectivity index (χ4n) is 12.8. The van der Waals surface area contributed by atoms with Gasteiger partial charge in [0.25, 0.3) is 0 Å². The molecule has 0 aromatic carbocycles. The van der Waals surface area contributed by atoms with Crippen LogP contribution in [0, 0.1) is 0 Å². The van der Waals surface area contributed by atoms with Gasteiger partial charge in [0.2, 0.25) is 5.91 Å². The maximum atomic E-state index is 12.5. The largest absolute Gasteiger partial charge is 0.466 e. The zero-order valence-electron chi connectivity index (χ0n) is 58.1. The van der Waals surface area contributed by atoms with Crippen molar-refractivity contribution in [1.82, 2.24) is 5.32 Å². The number of unbranched alkanes of at least 4 members (excludes halogenated alkanes) is 64. The normalized spacial score (nSPS) is 12.5. The van der Waals surface area contributed by atoms with Crippen molar-refractivity contribution in [2.45, 2.75) is 469 Å². The van der Waals surface area contributed by atoms with Crippen molar-refractivity contribution in [1.29, 1.82) is 0 Å². The van der Waals surface area contributed by atoms with Gasteiger partial charge in [-0.2, -0.15) is 0 Å². The molecule has 0 bridgehead atoms. The van der Waals surface area contributed by atoms with E-state index in [0.717, 1.165) is 38.5 Å². The molecule has 1 amide bonds. The molecule has 3 N–H and O–H groups in total. The Kier molecular flexibility index (Phi) is 73.8. The molecule has 0 aliphatic heterocycles. The topological polar surface area (TPSA) is 95.9 Å².